The van der Waals surface area contributed by atoms with Gasteiger partial charge in [-0.1, -0.05) is 15.9 Å². The molecule has 94 valence electrons. The number of halogens is 2. The van der Waals surface area contributed by atoms with Crippen LogP contribution in [0.2, 0.25) is 0 Å². The van der Waals surface area contributed by atoms with Gasteiger partial charge in [-0.3, -0.25) is 0 Å². The normalized spacial score (nSPS) is 19.2. The van der Waals surface area contributed by atoms with Crippen molar-refractivity contribution in [1.29, 1.82) is 0 Å². The van der Waals surface area contributed by atoms with Crippen molar-refractivity contribution in [1.82, 2.24) is 0 Å². The first kappa shape index (κ1) is 13.4. The van der Waals surface area contributed by atoms with Crippen LogP contribution in [0.25, 0.3) is 0 Å². The Morgan fingerprint density at radius 3 is 2.82 bits per heavy atom. The number of hydrogen-bond donors (Lipinski definition) is 1. The third kappa shape index (κ3) is 3.70. The second-order valence-electron chi connectivity index (χ2n) is 4.47. The van der Waals surface area contributed by atoms with E-state index in [4.69, 9.17) is 0 Å². The van der Waals surface area contributed by atoms with Crippen molar-refractivity contribution in [2.24, 2.45) is 5.92 Å². The van der Waals surface area contributed by atoms with E-state index in [0.29, 0.717) is 17.9 Å². The van der Waals surface area contributed by atoms with Crippen molar-refractivity contribution in [3.05, 3.63) is 34.1 Å². The Morgan fingerprint density at radius 2 is 2.12 bits per heavy atom. The first-order chi connectivity index (χ1) is 8.16. The third-order valence-electron chi connectivity index (χ3n) is 3.21. The van der Waals surface area contributed by atoms with Gasteiger partial charge >= 0.3 is 0 Å². The molecule has 1 heterocycles. The fourth-order valence-electron chi connectivity index (χ4n) is 2.19. The fraction of sp³-hybridized carbons (Fsp3) is 0.538. The summed E-state index contributed by atoms with van der Waals surface area (Å²) in [5.74, 6) is 2.55. The molecule has 1 saturated heterocycles. The van der Waals surface area contributed by atoms with Crippen molar-refractivity contribution in [3.63, 3.8) is 0 Å². The minimum absolute atomic E-state index is 0.314. The molecule has 1 fully saturated rings. The second kappa shape index (κ2) is 6.21. The lowest BCUT2D eigenvalue weighted by Gasteiger charge is -2.24. The van der Waals surface area contributed by atoms with Crippen LogP contribution in [0.15, 0.2) is 22.7 Å². The van der Waals surface area contributed by atoms with Crippen molar-refractivity contribution in [2.45, 2.75) is 25.4 Å². The standard InChI is InChI=1S/C13H16BrFOS/c14-10-1-2-12(15)11(8-10)13(16)7-9-3-5-17-6-4-9/h1-2,8-9,13,16H,3-7H2. The molecular weight excluding hydrogens is 303 g/mol. The van der Waals surface area contributed by atoms with Crippen LogP contribution in [0.1, 0.15) is 30.9 Å². The number of aliphatic hydroxyl groups is 1. The SMILES string of the molecule is OC(CC1CCSCC1)c1cc(Br)ccc1F. The summed E-state index contributed by atoms with van der Waals surface area (Å²) < 4.78 is 14.4. The maximum absolute atomic E-state index is 13.6. The molecule has 0 spiro atoms. The van der Waals surface area contributed by atoms with E-state index >= 15 is 0 Å². The quantitative estimate of drug-likeness (QED) is 0.903. The second-order valence-corrected chi connectivity index (χ2v) is 6.61. The zero-order valence-electron chi connectivity index (χ0n) is 9.53. The molecule has 1 aliphatic rings. The lowest BCUT2D eigenvalue weighted by molar-refractivity contribution is 0.137. The van der Waals surface area contributed by atoms with E-state index in [1.54, 1.807) is 12.1 Å². The molecule has 2 rings (SSSR count). The van der Waals surface area contributed by atoms with Gasteiger partial charge in [0.25, 0.3) is 0 Å². The van der Waals surface area contributed by atoms with Gasteiger partial charge < -0.3 is 5.11 Å². The Kier molecular flexibility index (Phi) is 4.88. The monoisotopic (exact) mass is 318 g/mol. The van der Waals surface area contributed by atoms with Crippen LogP contribution in [-0.2, 0) is 0 Å². The number of benzene rings is 1. The van der Waals surface area contributed by atoms with E-state index in [1.807, 2.05) is 11.8 Å². The lowest BCUT2D eigenvalue weighted by atomic mass is 9.92. The van der Waals surface area contributed by atoms with Gasteiger partial charge in [0.2, 0.25) is 0 Å². The maximum Gasteiger partial charge on any atom is 0.129 e. The summed E-state index contributed by atoms with van der Waals surface area (Å²) in [7, 11) is 0. The molecule has 1 aromatic rings. The van der Waals surface area contributed by atoms with Crippen LogP contribution in [0.4, 0.5) is 4.39 Å². The van der Waals surface area contributed by atoms with Crippen LogP contribution in [0.5, 0.6) is 0 Å². The van der Waals surface area contributed by atoms with Crippen LogP contribution in [0, 0.1) is 11.7 Å². The zero-order valence-corrected chi connectivity index (χ0v) is 11.9. The van der Waals surface area contributed by atoms with Gasteiger partial charge in [0.15, 0.2) is 0 Å². The van der Waals surface area contributed by atoms with E-state index in [2.05, 4.69) is 15.9 Å². The summed E-state index contributed by atoms with van der Waals surface area (Å²) in [6.45, 7) is 0. The molecule has 1 aromatic carbocycles. The molecule has 0 saturated carbocycles. The van der Waals surface area contributed by atoms with Crippen molar-refractivity contribution in [3.8, 4) is 0 Å². The van der Waals surface area contributed by atoms with Gasteiger partial charge in [-0.05, 0) is 54.9 Å². The summed E-state index contributed by atoms with van der Waals surface area (Å²) >= 11 is 5.27. The molecule has 0 radical (unpaired) electrons. The predicted octanol–water partition coefficient (Wildman–Crippen LogP) is 4.15. The van der Waals surface area contributed by atoms with Crippen LogP contribution < -0.4 is 0 Å². The molecule has 17 heavy (non-hydrogen) atoms. The average molecular weight is 319 g/mol. The average Bonchev–Trinajstić information content (AvgIpc) is 2.33. The summed E-state index contributed by atoms with van der Waals surface area (Å²) in [6.07, 6.45) is 2.27. The van der Waals surface area contributed by atoms with E-state index in [0.717, 1.165) is 17.3 Å². The first-order valence-corrected chi connectivity index (χ1v) is 7.82. The van der Waals surface area contributed by atoms with Crippen LogP contribution in [-0.4, -0.2) is 16.6 Å². The lowest BCUT2D eigenvalue weighted by Crippen LogP contribution is -2.14. The summed E-state index contributed by atoms with van der Waals surface area (Å²) in [4.78, 5) is 0. The molecule has 0 aliphatic carbocycles. The first-order valence-electron chi connectivity index (χ1n) is 5.87. The molecule has 0 aromatic heterocycles. The number of aliphatic hydroxyl groups excluding tert-OH is 1. The van der Waals surface area contributed by atoms with Gasteiger partial charge in [0, 0.05) is 10.0 Å². The highest BCUT2D eigenvalue weighted by atomic mass is 79.9. The number of thioether (sulfide) groups is 1. The molecule has 1 aliphatic heterocycles. The van der Waals surface area contributed by atoms with E-state index in [9.17, 15) is 9.50 Å². The van der Waals surface area contributed by atoms with Gasteiger partial charge in [-0.15, -0.1) is 0 Å². The largest absolute Gasteiger partial charge is 0.388 e. The molecule has 1 unspecified atom stereocenters. The van der Waals surface area contributed by atoms with E-state index in [-0.39, 0.29) is 5.82 Å². The maximum atomic E-state index is 13.6. The highest BCUT2D eigenvalue weighted by Gasteiger charge is 2.20. The van der Waals surface area contributed by atoms with Crippen LogP contribution >= 0.6 is 27.7 Å². The van der Waals surface area contributed by atoms with Crippen molar-refractivity contribution in [2.75, 3.05) is 11.5 Å². The van der Waals surface area contributed by atoms with Gasteiger partial charge in [0.05, 0.1) is 6.10 Å². The number of rotatable bonds is 3. The van der Waals surface area contributed by atoms with E-state index in [1.165, 1.54) is 17.6 Å². The van der Waals surface area contributed by atoms with Gasteiger partial charge in [-0.25, -0.2) is 4.39 Å². The Labute approximate surface area is 114 Å². The molecule has 4 heteroatoms. The Hall–Kier alpha value is -0.0600. The van der Waals surface area contributed by atoms with Gasteiger partial charge in [0.1, 0.15) is 5.82 Å². The molecule has 1 atom stereocenters. The number of hydrogen-bond acceptors (Lipinski definition) is 2. The Balaban J connectivity index is 2.02. The van der Waals surface area contributed by atoms with Crippen molar-refractivity contribution < 1.29 is 9.50 Å². The molecule has 0 amide bonds. The predicted molar refractivity (Wildman–Crippen MR) is 73.7 cm³/mol. The topological polar surface area (TPSA) is 20.2 Å². The van der Waals surface area contributed by atoms with E-state index < -0.39 is 6.10 Å². The summed E-state index contributed by atoms with van der Waals surface area (Å²) in [5.41, 5.74) is 0.414. The minimum Gasteiger partial charge on any atom is -0.388 e. The Bertz CT molecular complexity index is 380. The van der Waals surface area contributed by atoms with Crippen molar-refractivity contribution >= 4 is 27.7 Å². The minimum atomic E-state index is -0.680. The van der Waals surface area contributed by atoms with Crippen LogP contribution in [0.3, 0.4) is 0 Å². The smallest absolute Gasteiger partial charge is 0.129 e. The summed E-state index contributed by atoms with van der Waals surface area (Å²) in [6, 6.07) is 4.74. The fourth-order valence-corrected chi connectivity index (χ4v) is 3.78. The Morgan fingerprint density at radius 1 is 1.41 bits per heavy atom. The third-order valence-corrected chi connectivity index (χ3v) is 4.76. The molecule has 1 nitrogen and oxygen atoms in total. The zero-order chi connectivity index (χ0) is 12.3. The molecule has 0 bridgehead atoms. The highest BCUT2D eigenvalue weighted by Crippen LogP contribution is 2.32. The summed E-state index contributed by atoms with van der Waals surface area (Å²) in [5, 5.41) is 10.1. The molecular formula is C13H16BrFOS. The van der Waals surface area contributed by atoms with Gasteiger partial charge in [-0.2, -0.15) is 11.8 Å². The highest BCUT2D eigenvalue weighted by molar-refractivity contribution is 9.10. The molecule has 1 N–H and O–H groups in total.